The van der Waals surface area contributed by atoms with Crippen molar-refractivity contribution in [3.05, 3.63) is 0 Å². The quantitative estimate of drug-likeness (QED) is 0.769. The fraction of sp³-hybridized carbons (Fsp3) is 0.917. The van der Waals surface area contributed by atoms with E-state index in [-0.39, 0.29) is 17.9 Å². The fourth-order valence-electron chi connectivity index (χ4n) is 2.21. The highest BCUT2D eigenvalue weighted by molar-refractivity contribution is 5.81. The first-order valence-corrected chi connectivity index (χ1v) is 6.03. The van der Waals surface area contributed by atoms with Crippen molar-refractivity contribution in [2.24, 2.45) is 17.6 Å². The van der Waals surface area contributed by atoms with Crippen LogP contribution in [0.25, 0.3) is 0 Å². The van der Waals surface area contributed by atoms with Crippen LogP contribution in [0.2, 0.25) is 0 Å². The Bertz CT molecular complexity index is 210. The molecule has 1 atom stereocenters. The standard InChI is InChI=1S/C12H24N2O/c1-9(2)11(13)12(15)14(3)8-10-6-4-5-7-10/h9-11H,4-8,13H2,1-3H3/t11-/m1/s1. The number of carbonyl (C=O) groups is 1. The summed E-state index contributed by atoms with van der Waals surface area (Å²) in [6.07, 6.45) is 5.19. The highest BCUT2D eigenvalue weighted by Gasteiger charge is 2.24. The molecule has 0 unspecified atom stereocenters. The Hall–Kier alpha value is -0.570. The molecule has 0 spiro atoms. The highest BCUT2D eigenvalue weighted by atomic mass is 16.2. The molecule has 3 nitrogen and oxygen atoms in total. The minimum absolute atomic E-state index is 0.0944. The first kappa shape index (κ1) is 12.5. The van der Waals surface area contributed by atoms with Gasteiger partial charge in [0.15, 0.2) is 0 Å². The molecule has 0 aliphatic heterocycles. The molecule has 3 heteroatoms. The molecule has 0 saturated heterocycles. The van der Waals surface area contributed by atoms with Crippen LogP contribution in [0.3, 0.4) is 0 Å². The molecule has 1 fully saturated rings. The lowest BCUT2D eigenvalue weighted by atomic mass is 10.0. The molecule has 1 rings (SSSR count). The molecule has 88 valence electrons. The SMILES string of the molecule is CC(C)[C@@H](N)C(=O)N(C)CC1CCCC1. The van der Waals surface area contributed by atoms with Crippen molar-refractivity contribution < 1.29 is 4.79 Å². The topological polar surface area (TPSA) is 46.3 Å². The van der Waals surface area contributed by atoms with Gasteiger partial charge in [-0.25, -0.2) is 0 Å². The second-order valence-corrected chi connectivity index (χ2v) is 5.14. The third-order valence-electron chi connectivity index (χ3n) is 3.39. The zero-order valence-electron chi connectivity index (χ0n) is 10.2. The van der Waals surface area contributed by atoms with Crippen molar-refractivity contribution in [1.82, 2.24) is 4.90 Å². The number of nitrogens with zero attached hydrogens (tertiary/aromatic N) is 1. The van der Waals surface area contributed by atoms with Crippen LogP contribution >= 0.6 is 0 Å². The number of likely N-dealkylation sites (N-methyl/N-ethyl adjacent to an activating group) is 1. The average Bonchev–Trinajstić information content (AvgIpc) is 2.67. The second kappa shape index (κ2) is 5.50. The van der Waals surface area contributed by atoms with Gasteiger partial charge in [-0.15, -0.1) is 0 Å². The maximum absolute atomic E-state index is 11.9. The van der Waals surface area contributed by atoms with Gasteiger partial charge in [0, 0.05) is 13.6 Å². The molecule has 1 aliphatic carbocycles. The largest absolute Gasteiger partial charge is 0.344 e. The Kier molecular flexibility index (Phi) is 4.58. The van der Waals surface area contributed by atoms with Gasteiger partial charge in [-0.1, -0.05) is 26.7 Å². The Morgan fingerprint density at radius 1 is 1.40 bits per heavy atom. The third-order valence-corrected chi connectivity index (χ3v) is 3.39. The lowest BCUT2D eigenvalue weighted by Crippen LogP contribution is -2.46. The molecule has 0 heterocycles. The fourth-order valence-corrected chi connectivity index (χ4v) is 2.21. The van der Waals surface area contributed by atoms with E-state index in [0.29, 0.717) is 5.92 Å². The zero-order valence-corrected chi connectivity index (χ0v) is 10.2. The molecule has 0 aromatic heterocycles. The molecule has 0 radical (unpaired) electrons. The Balaban J connectivity index is 2.38. The summed E-state index contributed by atoms with van der Waals surface area (Å²) in [4.78, 5) is 13.7. The summed E-state index contributed by atoms with van der Waals surface area (Å²) in [6, 6.07) is -0.337. The van der Waals surface area contributed by atoms with Gasteiger partial charge in [-0.2, -0.15) is 0 Å². The predicted octanol–water partition coefficient (Wildman–Crippen LogP) is 1.62. The molecule has 2 N–H and O–H groups in total. The lowest BCUT2D eigenvalue weighted by molar-refractivity contribution is -0.132. The molecular weight excluding hydrogens is 188 g/mol. The lowest BCUT2D eigenvalue weighted by Gasteiger charge is -2.25. The van der Waals surface area contributed by atoms with E-state index in [1.165, 1.54) is 25.7 Å². The number of rotatable bonds is 4. The van der Waals surface area contributed by atoms with Gasteiger partial charge in [0.25, 0.3) is 0 Å². The predicted molar refractivity (Wildman–Crippen MR) is 62.4 cm³/mol. The van der Waals surface area contributed by atoms with Crippen LogP contribution in [-0.2, 0) is 4.79 Å². The van der Waals surface area contributed by atoms with Crippen LogP contribution in [0.4, 0.5) is 0 Å². The average molecular weight is 212 g/mol. The highest BCUT2D eigenvalue weighted by Crippen LogP contribution is 2.25. The van der Waals surface area contributed by atoms with E-state index in [1.807, 2.05) is 25.8 Å². The second-order valence-electron chi connectivity index (χ2n) is 5.14. The van der Waals surface area contributed by atoms with Crippen molar-refractivity contribution in [1.29, 1.82) is 0 Å². The molecular formula is C12H24N2O. The van der Waals surface area contributed by atoms with Crippen LogP contribution in [0.1, 0.15) is 39.5 Å². The monoisotopic (exact) mass is 212 g/mol. The summed E-state index contributed by atoms with van der Waals surface area (Å²) in [5.74, 6) is 1.03. The van der Waals surface area contributed by atoms with Crippen LogP contribution in [0.15, 0.2) is 0 Å². The normalized spacial score (nSPS) is 19.5. The van der Waals surface area contributed by atoms with E-state index in [9.17, 15) is 4.79 Å². The van der Waals surface area contributed by atoms with Gasteiger partial charge >= 0.3 is 0 Å². The van der Waals surface area contributed by atoms with Gasteiger partial charge in [0.05, 0.1) is 6.04 Å². The molecule has 0 aromatic carbocycles. The first-order chi connectivity index (χ1) is 7.02. The summed E-state index contributed by atoms with van der Waals surface area (Å²) in [5.41, 5.74) is 5.84. The van der Waals surface area contributed by atoms with Crippen LogP contribution in [0.5, 0.6) is 0 Å². The van der Waals surface area contributed by atoms with Crippen LogP contribution < -0.4 is 5.73 Å². The number of amides is 1. The van der Waals surface area contributed by atoms with Gasteiger partial charge in [-0.05, 0) is 24.7 Å². The molecule has 1 aliphatic rings. The van der Waals surface area contributed by atoms with Crippen molar-refractivity contribution in [2.75, 3.05) is 13.6 Å². The van der Waals surface area contributed by atoms with Gasteiger partial charge in [-0.3, -0.25) is 4.79 Å². The number of hydrogen-bond donors (Lipinski definition) is 1. The van der Waals surface area contributed by atoms with E-state index in [1.54, 1.807) is 0 Å². The number of nitrogens with two attached hydrogens (primary N) is 1. The summed E-state index contributed by atoms with van der Waals surface area (Å²) < 4.78 is 0. The number of carbonyl (C=O) groups excluding carboxylic acids is 1. The van der Waals surface area contributed by atoms with Gasteiger partial charge in [0.2, 0.25) is 5.91 Å². The Morgan fingerprint density at radius 3 is 2.40 bits per heavy atom. The Morgan fingerprint density at radius 2 is 1.93 bits per heavy atom. The van der Waals surface area contributed by atoms with Crippen molar-refractivity contribution >= 4 is 5.91 Å². The molecule has 1 saturated carbocycles. The van der Waals surface area contributed by atoms with E-state index in [0.717, 1.165) is 6.54 Å². The summed E-state index contributed by atoms with van der Waals surface area (Å²) in [5, 5.41) is 0. The van der Waals surface area contributed by atoms with Crippen LogP contribution in [-0.4, -0.2) is 30.4 Å². The number of hydrogen-bond acceptors (Lipinski definition) is 2. The smallest absolute Gasteiger partial charge is 0.239 e. The van der Waals surface area contributed by atoms with Crippen molar-refractivity contribution in [3.63, 3.8) is 0 Å². The van der Waals surface area contributed by atoms with Crippen molar-refractivity contribution in [2.45, 2.75) is 45.6 Å². The minimum Gasteiger partial charge on any atom is -0.344 e. The summed E-state index contributed by atoms with van der Waals surface area (Å²) >= 11 is 0. The first-order valence-electron chi connectivity index (χ1n) is 6.03. The third kappa shape index (κ3) is 3.49. The zero-order chi connectivity index (χ0) is 11.4. The van der Waals surface area contributed by atoms with Gasteiger partial charge in [0.1, 0.15) is 0 Å². The molecule has 0 aromatic rings. The van der Waals surface area contributed by atoms with E-state index >= 15 is 0 Å². The van der Waals surface area contributed by atoms with Crippen molar-refractivity contribution in [3.8, 4) is 0 Å². The van der Waals surface area contributed by atoms with Crippen LogP contribution in [0, 0.1) is 11.8 Å². The van der Waals surface area contributed by atoms with E-state index < -0.39 is 0 Å². The van der Waals surface area contributed by atoms with Gasteiger partial charge < -0.3 is 10.6 Å². The molecule has 1 amide bonds. The molecule has 15 heavy (non-hydrogen) atoms. The summed E-state index contributed by atoms with van der Waals surface area (Å²) in [6.45, 7) is 4.87. The summed E-state index contributed by atoms with van der Waals surface area (Å²) in [7, 11) is 1.88. The maximum atomic E-state index is 11.9. The molecule has 0 bridgehead atoms. The Labute approximate surface area is 93.0 Å². The van der Waals surface area contributed by atoms with E-state index in [4.69, 9.17) is 5.73 Å². The maximum Gasteiger partial charge on any atom is 0.239 e. The minimum atomic E-state index is -0.337. The van der Waals surface area contributed by atoms with E-state index in [2.05, 4.69) is 0 Å².